The fraction of sp³-hybridized carbons (Fsp3) is 0.167. The van der Waals surface area contributed by atoms with Gasteiger partial charge in [0.2, 0.25) is 0 Å². The number of carbonyl (C=O) groups is 2. The number of Topliss-reactive ketones (excluding diaryl/α,β-unsaturated/α-hetero) is 1. The monoisotopic (exact) mass is 312 g/mol. The van der Waals surface area contributed by atoms with Crippen molar-refractivity contribution in [3.8, 4) is 0 Å². The van der Waals surface area contributed by atoms with Gasteiger partial charge in [-0.2, -0.15) is 0 Å². The van der Waals surface area contributed by atoms with Gasteiger partial charge in [-0.25, -0.2) is 4.79 Å². The lowest BCUT2D eigenvalue weighted by Gasteiger charge is -1.96. The number of ketones is 1. The molecule has 0 aliphatic carbocycles. The van der Waals surface area contributed by atoms with E-state index in [0.29, 0.717) is 4.88 Å². The fourth-order valence-electron chi connectivity index (χ4n) is 1.42. The first kappa shape index (κ1) is 12.3. The van der Waals surface area contributed by atoms with E-state index in [1.165, 1.54) is 11.3 Å². The first-order valence-corrected chi connectivity index (χ1v) is 6.63. The molecule has 1 aromatic heterocycles. The highest BCUT2D eigenvalue weighted by Gasteiger charge is 2.19. The van der Waals surface area contributed by atoms with Crippen molar-refractivity contribution in [2.24, 2.45) is 0 Å². The van der Waals surface area contributed by atoms with Gasteiger partial charge in [0.05, 0.1) is 11.5 Å². The third-order valence-corrected chi connectivity index (χ3v) is 3.77. The zero-order valence-electron chi connectivity index (χ0n) is 9.03. The maximum atomic E-state index is 11.7. The number of thiophene rings is 1. The summed E-state index contributed by atoms with van der Waals surface area (Å²) in [5.74, 6) is -1.37. The van der Waals surface area contributed by atoms with Crippen molar-refractivity contribution in [1.29, 1.82) is 0 Å². The summed E-state index contributed by atoms with van der Waals surface area (Å²) in [6.45, 7) is 1.88. The molecule has 3 nitrogen and oxygen atoms in total. The molecule has 0 bridgehead atoms. The summed E-state index contributed by atoms with van der Waals surface area (Å²) >= 11 is 4.66. The van der Waals surface area contributed by atoms with Crippen LogP contribution in [0, 0.1) is 0 Å². The Hall–Kier alpha value is -1.20. The van der Waals surface area contributed by atoms with Gasteiger partial charge in [-0.05, 0) is 36.6 Å². The van der Waals surface area contributed by atoms with Crippen molar-refractivity contribution in [2.75, 3.05) is 6.61 Å². The molecule has 0 unspecified atom stereocenters. The molecule has 88 valence electrons. The number of hydrogen-bond donors (Lipinski definition) is 0. The quantitative estimate of drug-likeness (QED) is 0.495. The van der Waals surface area contributed by atoms with Gasteiger partial charge in [0.25, 0.3) is 5.78 Å². The summed E-state index contributed by atoms with van der Waals surface area (Å²) in [7, 11) is 0. The normalized spacial score (nSPS) is 10.5. The Labute approximate surface area is 111 Å². The van der Waals surface area contributed by atoms with Crippen molar-refractivity contribution >= 4 is 49.1 Å². The number of fused-ring (bicyclic) bond motifs is 1. The first-order chi connectivity index (χ1) is 8.11. The van der Waals surface area contributed by atoms with E-state index in [-0.39, 0.29) is 6.61 Å². The maximum Gasteiger partial charge on any atom is 0.380 e. The molecule has 1 aromatic carbocycles. The summed E-state index contributed by atoms with van der Waals surface area (Å²) < 4.78 is 6.60. The van der Waals surface area contributed by atoms with E-state index in [2.05, 4.69) is 20.7 Å². The Morgan fingerprint density at radius 3 is 2.82 bits per heavy atom. The van der Waals surface area contributed by atoms with Crippen LogP contribution in [0.5, 0.6) is 0 Å². The van der Waals surface area contributed by atoms with E-state index in [9.17, 15) is 9.59 Å². The van der Waals surface area contributed by atoms with Gasteiger partial charge < -0.3 is 4.74 Å². The molecule has 0 saturated heterocycles. The Morgan fingerprint density at radius 1 is 1.35 bits per heavy atom. The molecule has 0 aliphatic heterocycles. The molecule has 0 spiro atoms. The molecule has 0 fully saturated rings. The molecule has 0 saturated carbocycles. The molecule has 0 amide bonds. The molecule has 2 aromatic rings. The largest absolute Gasteiger partial charge is 0.460 e. The Morgan fingerprint density at radius 2 is 2.12 bits per heavy atom. The minimum atomic E-state index is -0.793. The number of rotatable bonds is 3. The van der Waals surface area contributed by atoms with Crippen molar-refractivity contribution < 1.29 is 14.3 Å². The van der Waals surface area contributed by atoms with Crippen LogP contribution >= 0.6 is 27.3 Å². The van der Waals surface area contributed by atoms with Crippen molar-refractivity contribution in [3.05, 3.63) is 33.6 Å². The highest BCUT2D eigenvalue weighted by Crippen LogP contribution is 2.28. The van der Waals surface area contributed by atoms with Crippen LogP contribution in [0.15, 0.2) is 28.7 Å². The summed E-state index contributed by atoms with van der Waals surface area (Å²) in [5.41, 5.74) is 0. The van der Waals surface area contributed by atoms with Crippen LogP contribution in [0.4, 0.5) is 0 Å². The fourth-order valence-corrected chi connectivity index (χ4v) is 2.77. The van der Waals surface area contributed by atoms with Crippen LogP contribution in [0.25, 0.3) is 10.1 Å². The van der Waals surface area contributed by atoms with Gasteiger partial charge in [0.15, 0.2) is 0 Å². The first-order valence-electron chi connectivity index (χ1n) is 5.02. The molecular formula is C12H9BrO3S. The Balaban J connectivity index is 2.36. The molecule has 2 rings (SSSR count). The maximum absolute atomic E-state index is 11.7. The topological polar surface area (TPSA) is 43.4 Å². The second-order valence-electron chi connectivity index (χ2n) is 3.34. The van der Waals surface area contributed by atoms with Gasteiger partial charge in [0.1, 0.15) is 0 Å². The number of ether oxygens (including phenoxy) is 1. The summed E-state index contributed by atoms with van der Waals surface area (Å²) in [6, 6.07) is 7.43. The Kier molecular flexibility index (Phi) is 3.59. The van der Waals surface area contributed by atoms with Crippen LogP contribution in [0.1, 0.15) is 16.6 Å². The average molecular weight is 313 g/mol. The third-order valence-electron chi connectivity index (χ3n) is 2.16. The van der Waals surface area contributed by atoms with Crippen molar-refractivity contribution in [2.45, 2.75) is 6.92 Å². The highest BCUT2D eigenvalue weighted by molar-refractivity contribution is 9.10. The van der Waals surface area contributed by atoms with Crippen LogP contribution in [0.2, 0.25) is 0 Å². The number of esters is 1. The van der Waals surface area contributed by atoms with E-state index in [4.69, 9.17) is 0 Å². The molecule has 1 heterocycles. The minimum Gasteiger partial charge on any atom is -0.460 e. The van der Waals surface area contributed by atoms with Gasteiger partial charge >= 0.3 is 5.97 Å². The summed E-state index contributed by atoms with van der Waals surface area (Å²) in [5, 5.41) is 0.942. The van der Waals surface area contributed by atoms with E-state index < -0.39 is 11.8 Å². The van der Waals surface area contributed by atoms with Crippen LogP contribution in [0.3, 0.4) is 0 Å². The average Bonchev–Trinajstić information content (AvgIpc) is 2.71. The lowest BCUT2D eigenvalue weighted by atomic mass is 10.2. The standard InChI is InChI=1S/C12H9BrO3S/c1-2-16-12(15)11(14)10-6-7-5-8(13)3-4-9(7)17-10/h3-6H,2H2,1H3. The zero-order chi connectivity index (χ0) is 12.4. The SMILES string of the molecule is CCOC(=O)C(=O)c1cc2cc(Br)ccc2s1. The second kappa shape index (κ2) is 4.98. The van der Waals surface area contributed by atoms with Crippen LogP contribution < -0.4 is 0 Å². The molecule has 17 heavy (non-hydrogen) atoms. The molecular weight excluding hydrogens is 304 g/mol. The minimum absolute atomic E-state index is 0.209. The number of benzene rings is 1. The van der Waals surface area contributed by atoms with Gasteiger partial charge in [-0.1, -0.05) is 15.9 Å². The number of hydrogen-bond acceptors (Lipinski definition) is 4. The summed E-state index contributed by atoms with van der Waals surface area (Å²) in [4.78, 5) is 23.4. The zero-order valence-corrected chi connectivity index (χ0v) is 11.4. The van der Waals surface area contributed by atoms with Crippen molar-refractivity contribution in [3.63, 3.8) is 0 Å². The van der Waals surface area contributed by atoms with Gasteiger partial charge in [0, 0.05) is 9.17 Å². The van der Waals surface area contributed by atoms with Crippen LogP contribution in [-0.2, 0) is 9.53 Å². The van der Waals surface area contributed by atoms with E-state index in [1.807, 2.05) is 18.2 Å². The number of carbonyl (C=O) groups excluding carboxylic acids is 2. The Bertz CT molecular complexity index is 588. The van der Waals surface area contributed by atoms with E-state index in [0.717, 1.165) is 14.6 Å². The number of halogens is 1. The molecule has 0 aliphatic rings. The third kappa shape index (κ3) is 2.56. The predicted octanol–water partition coefficient (Wildman–Crippen LogP) is 3.41. The van der Waals surface area contributed by atoms with Crippen LogP contribution in [-0.4, -0.2) is 18.4 Å². The molecule has 5 heteroatoms. The second-order valence-corrected chi connectivity index (χ2v) is 5.34. The van der Waals surface area contributed by atoms with Crippen molar-refractivity contribution in [1.82, 2.24) is 0 Å². The molecule has 0 atom stereocenters. The van der Waals surface area contributed by atoms with Gasteiger partial charge in [-0.3, -0.25) is 4.79 Å². The summed E-state index contributed by atoms with van der Waals surface area (Å²) in [6.07, 6.45) is 0. The lowest BCUT2D eigenvalue weighted by Crippen LogP contribution is -2.16. The molecule has 0 radical (unpaired) electrons. The smallest absolute Gasteiger partial charge is 0.380 e. The molecule has 0 N–H and O–H groups in total. The predicted molar refractivity (Wildman–Crippen MR) is 70.5 cm³/mol. The van der Waals surface area contributed by atoms with E-state index in [1.54, 1.807) is 13.0 Å². The lowest BCUT2D eigenvalue weighted by molar-refractivity contribution is -0.137. The highest BCUT2D eigenvalue weighted by atomic mass is 79.9. The van der Waals surface area contributed by atoms with E-state index >= 15 is 0 Å². The van der Waals surface area contributed by atoms with Gasteiger partial charge in [-0.15, -0.1) is 11.3 Å².